The zero-order chi connectivity index (χ0) is 20.2. The fraction of sp³-hybridized carbons (Fsp3) is 0.588. The number of halogens is 4. The summed E-state index contributed by atoms with van der Waals surface area (Å²) in [6, 6.07) is 0.102. The quantitative estimate of drug-likeness (QED) is 0.555. The molecule has 1 aliphatic heterocycles. The van der Waals surface area contributed by atoms with Gasteiger partial charge in [-0.1, -0.05) is 13.3 Å². The van der Waals surface area contributed by atoms with Crippen LogP contribution >= 0.6 is 0 Å². The molecule has 10 heteroatoms. The summed E-state index contributed by atoms with van der Waals surface area (Å²) in [4.78, 5) is 12.2. The number of hydrogen-bond acceptors (Lipinski definition) is 3. The van der Waals surface area contributed by atoms with E-state index in [2.05, 4.69) is 5.32 Å². The van der Waals surface area contributed by atoms with Crippen LogP contribution in [0.3, 0.4) is 0 Å². The molecule has 0 aliphatic carbocycles. The van der Waals surface area contributed by atoms with Crippen molar-refractivity contribution in [3.63, 3.8) is 0 Å². The normalized spacial score (nSPS) is 16.5. The van der Waals surface area contributed by atoms with E-state index in [1.807, 2.05) is 6.92 Å². The van der Waals surface area contributed by atoms with E-state index >= 15 is 0 Å². The van der Waals surface area contributed by atoms with Gasteiger partial charge in [-0.05, 0) is 19.3 Å². The highest BCUT2D eigenvalue weighted by Crippen LogP contribution is 2.22. The van der Waals surface area contributed by atoms with Crippen molar-refractivity contribution in [2.45, 2.75) is 39.2 Å². The molecule has 0 atom stereocenters. The zero-order valence-corrected chi connectivity index (χ0v) is 15.7. The molecule has 0 spiro atoms. The van der Waals surface area contributed by atoms with Crippen molar-refractivity contribution in [1.82, 2.24) is 9.62 Å². The first-order valence-corrected chi connectivity index (χ1v) is 10.4. The fourth-order valence-corrected chi connectivity index (χ4v) is 4.63. The highest BCUT2D eigenvalue weighted by Gasteiger charge is 2.31. The third-order valence-corrected chi connectivity index (χ3v) is 6.57. The maximum absolute atomic E-state index is 13.6. The Morgan fingerprint density at radius 3 is 2.22 bits per heavy atom. The van der Waals surface area contributed by atoms with Crippen molar-refractivity contribution in [2.24, 2.45) is 5.92 Å². The van der Waals surface area contributed by atoms with Crippen LogP contribution < -0.4 is 5.32 Å². The predicted molar refractivity (Wildman–Crippen MR) is 91.1 cm³/mol. The van der Waals surface area contributed by atoms with Crippen molar-refractivity contribution in [3.05, 3.63) is 34.9 Å². The van der Waals surface area contributed by atoms with Crippen molar-refractivity contribution < 1.29 is 30.8 Å². The Balaban J connectivity index is 1.92. The molecule has 0 radical (unpaired) electrons. The molecule has 152 valence electrons. The Kier molecular flexibility index (Phi) is 7.21. The highest BCUT2D eigenvalue weighted by atomic mass is 32.2. The average Bonchev–Trinajstić information content (AvgIpc) is 2.64. The Hall–Kier alpha value is -1.68. The standard InChI is InChI=1S/C17H22F4N2O3S/c1-2-3-8-27(25,26)23-6-4-11(5-7-23)17(24)22-10-12-15(20)13(18)9-14(19)16(12)21/h9,11H,2-8,10H2,1H3,(H,22,24). The number of piperidine rings is 1. The SMILES string of the molecule is CCCCS(=O)(=O)N1CCC(C(=O)NCc2c(F)c(F)cc(F)c2F)CC1. The lowest BCUT2D eigenvalue weighted by molar-refractivity contribution is -0.126. The molecule has 0 aromatic heterocycles. The minimum atomic E-state index is -3.35. The lowest BCUT2D eigenvalue weighted by atomic mass is 9.97. The number of nitrogens with one attached hydrogen (secondary N) is 1. The maximum Gasteiger partial charge on any atom is 0.223 e. The number of nitrogens with zero attached hydrogens (tertiary/aromatic N) is 1. The minimum absolute atomic E-state index is 0.0596. The summed E-state index contributed by atoms with van der Waals surface area (Å²) in [5, 5.41) is 2.27. The summed E-state index contributed by atoms with van der Waals surface area (Å²) in [6.07, 6.45) is 1.84. The first kappa shape index (κ1) is 21.6. The number of amides is 1. The second-order valence-corrected chi connectivity index (χ2v) is 8.60. The summed E-state index contributed by atoms with van der Waals surface area (Å²) in [6.45, 7) is 1.56. The van der Waals surface area contributed by atoms with Crippen LogP contribution in [0.2, 0.25) is 0 Å². The van der Waals surface area contributed by atoms with Gasteiger partial charge >= 0.3 is 0 Å². The van der Waals surface area contributed by atoms with Gasteiger partial charge in [0, 0.05) is 37.2 Å². The molecule has 0 saturated carbocycles. The summed E-state index contributed by atoms with van der Waals surface area (Å²) < 4.78 is 79.2. The van der Waals surface area contributed by atoms with Gasteiger partial charge in [-0.2, -0.15) is 0 Å². The molecular weight excluding hydrogens is 388 g/mol. The fourth-order valence-electron chi connectivity index (χ4n) is 2.95. The van der Waals surface area contributed by atoms with Crippen LogP contribution in [0.15, 0.2) is 6.07 Å². The molecule has 1 heterocycles. The highest BCUT2D eigenvalue weighted by molar-refractivity contribution is 7.89. The molecular formula is C17H22F4N2O3S. The number of carbonyl (C=O) groups is 1. The lowest BCUT2D eigenvalue weighted by Gasteiger charge is -2.30. The zero-order valence-electron chi connectivity index (χ0n) is 14.9. The number of rotatable bonds is 7. The molecule has 2 rings (SSSR count). The summed E-state index contributed by atoms with van der Waals surface area (Å²) in [7, 11) is -3.35. The lowest BCUT2D eigenvalue weighted by Crippen LogP contribution is -2.43. The second kappa shape index (κ2) is 9.01. The molecule has 0 unspecified atom stereocenters. The molecule has 27 heavy (non-hydrogen) atoms. The van der Waals surface area contributed by atoms with Gasteiger partial charge in [0.1, 0.15) is 0 Å². The van der Waals surface area contributed by atoms with Gasteiger partial charge in [0.25, 0.3) is 0 Å². The number of sulfonamides is 1. The topological polar surface area (TPSA) is 66.5 Å². The van der Waals surface area contributed by atoms with Crippen LogP contribution in [0.5, 0.6) is 0 Å². The predicted octanol–water partition coefficient (Wildman–Crippen LogP) is 2.70. The van der Waals surface area contributed by atoms with E-state index < -0.39 is 57.2 Å². The Morgan fingerprint density at radius 1 is 1.15 bits per heavy atom. The van der Waals surface area contributed by atoms with Gasteiger partial charge in [0.15, 0.2) is 23.3 Å². The van der Waals surface area contributed by atoms with Crippen molar-refractivity contribution >= 4 is 15.9 Å². The first-order valence-electron chi connectivity index (χ1n) is 8.74. The molecule has 0 bridgehead atoms. The molecule has 1 N–H and O–H groups in total. The first-order chi connectivity index (χ1) is 12.7. The summed E-state index contributed by atoms with van der Waals surface area (Å²) in [5.41, 5.74) is -0.888. The van der Waals surface area contributed by atoms with E-state index in [9.17, 15) is 30.8 Å². The van der Waals surface area contributed by atoms with Gasteiger partial charge in [-0.25, -0.2) is 30.3 Å². The van der Waals surface area contributed by atoms with Gasteiger partial charge < -0.3 is 5.32 Å². The molecule has 1 fully saturated rings. The largest absolute Gasteiger partial charge is 0.352 e. The number of benzene rings is 1. The van der Waals surface area contributed by atoms with E-state index in [4.69, 9.17) is 0 Å². The van der Waals surface area contributed by atoms with Crippen LogP contribution in [0.4, 0.5) is 17.6 Å². The van der Waals surface area contributed by atoms with Gasteiger partial charge in [-0.15, -0.1) is 0 Å². The van der Waals surface area contributed by atoms with Crippen LogP contribution in [0, 0.1) is 29.2 Å². The average molecular weight is 410 g/mol. The monoisotopic (exact) mass is 410 g/mol. The van der Waals surface area contributed by atoms with Crippen LogP contribution in [-0.4, -0.2) is 37.5 Å². The Morgan fingerprint density at radius 2 is 1.70 bits per heavy atom. The number of hydrogen-bond donors (Lipinski definition) is 1. The van der Waals surface area contributed by atoms with Crippen molar-refractivity contribution in [3.8, 4) is 0 Å². The third kappa shape index (κ3) is 5.19. The second-order valence-electron chi connectivity index (χ2n) is 6.51. The molecule has 1 aromatic carbocycles. The summed E-state index contributed by atoms with van der Waals surface area (Å²) in [5.74, 6) is -7.19. The molecule has 1 saturated heterocycles. The minimum Gasteiger partial charge on any atom is -0.352 e. The number of unbranched alkanes of at least 4 members (excludes halogenated alkanes) is 1. The van der Waals surface area contributed by atoms with E-state index in [-0.39, 0.29) is 37.8 Å². The van der Waals surface area contributed by atoms with Crippen LogP contribution in [-0.2, 0) is 21.4 Å². The van der Waals surface area contributed by atoms with Crippen molar-refractivity contribution in [1.29, 1.82) is 0 Å². The van der Waals surface area contributed by atoms with E-state index in [0.717, 1.165) is 6.42 Å². The van der Waals surface area contributed by atoms with Gasteiger partial charge in [0.05, 0.1) is 5.75 Å². The van der Waals surface area contributed by atoms with Gasteiger partial charge in [0.2, 0.25) is 15.9 Å². The van der Waals surface area contributed by atoms with Gasteiger partial charge in [-0.3, -0.25) is 4.79 Å². The maximum atomic E-state index is 13.6. The van der Waals surface area contributed by atoms with Crippen molar-refractivity contribution in [2.75, 3.05) is 18.8 Å². The van der Waals surface area contributed by atoms with E-state index in [1.165, 1.54) is 4.31 Å². The van der Waals surface area contributed by atoms with E-state index in [1.54, 1.807) is 0 Å². The van der Waals surface area contributed by atoms with E-state index in [0.29, 0.717) is 6.42 Å². The third-order valence-electron chi connectivity index (χ3n) is 4.62. The summed E-state index contributed by atoms with van der Waals surface area (Å²) >= 11 is 0. The van der Waals surface area contributed by atoms with Crippen LogP contribution in [0.25, 0.3) is 0 Å². The Bertz CT molecular complexity index is 768. The molecule has 1 aliphatic rings. The molecule has 1 amide bonds. The van der Waals surface area contributed by atoms with Crippen LogP contribution in [0.1, 0.15) is 38.2 Å². The number of carbonyl (C=O) groups excluding carboxylic acids is 1. The molecule has 5 nitrogen and oxygen atoms in total. The smallest absolute Gasteiger partial charge is 0.223 e. The Labute approximate surface area is 155 Å². The molecule has 1 aromatic rings.